The van der Waals surface area contributed by atoms with Gasteiger partial charge in [0, 0.05) is 24.6 Å². The standard InChI is InChI=1S/C27H25FN2O4/c28-20-9-6-18-8-11-26(32)30(23(18)15-20)16-25(31)29-13-12-24-21-10-7-19(14-22(21)27(33)34-24)17-4-2-1-3-5-17/h4,6-11,14-15,24H,1-3,5,12-13,16H2,(H,29,31). The zero-order valence-corrected chi connectivity index (χ0v) is 18.7. The molecule has 174 valence electrons. The molecular formula is C27H25FN2O4. The highest BCUT2D eigenvalue weighted by Gasteiger charge is 2.31. The largest absolute Gasteiger partial charge is 0.454 e. The van der Waals surface area contributed by atoms with Gasteiger partial charge in [-0.3, -0.25) is 14.2 Å². The molecule has 2 aliphatic rings. The van der Waals surface area contributed by atoms with Crippen LogP contribution in [-0.2, 0) is 16.1 Å². The SMILES string of the molecule is O=C(Cn1c(=O)ccc2ccc(F)cc21)NCCC1OC(=O)c2cc(C3=CCCCC3)ccc21. The van der Waals surface area contributed by atoms with Crippen molar-refractivity contribution >= 4 is 28.4 Å². The van der Waals surface area contributed by atoms with E-state index < -0.39 is 11.9 Å². The minimum absolute atomic E-state index is 0.223. The number of hydrogen-bond acceptors (Lipinski definition) is 4. The van der Waals surface area contributed by atoms with E-state index in [2.05, 4.69) is 11.4 Å². The lowest BCUT2D eigenvalue weighted by atomic mass is 9.91. The number of nitrogens with zero attached hydrogens (tertiary/aromatic N) is 1. The minimum atomic E-state index is -0.475. The van der Waals surface area contributed by atoms with E-state index >= 15 is 0 Å². The van der Waals surface area contributed by atoms with E-state index in [4.69, 9.17) is 4.74 Å². The molecule has 7 heteroatoms. The van der Waals surface area contributed by atoms with Crippen LogP contribution in [0.2, 0.25) is 0 Å². The smallest absolute Gasteiger partial charge is 0.339 e. The molecule has 6 nitrogen and oxygen atoms in total. The summed E-state index contributed by atoms with van der Waals surface area (Å²) in [5, 5.41) is 3.45. The lowest BCUT2D eigenvalue weighted by molar-refractivity contribution is -0.121. The summed E-state index contributed by atoms with van der Waals surface area (Å²) in [6.07, 6.45) is 6.70. The fourth-order valence-corrected chi connectivity index (χ4v) is 4.75. The quantitative estimate of drug-likeness (QED) is 0.549. The van der Waals surface area contributed by atoms with E-state index in [0.29, 0.717) is 22.9 Å². The molecule has 0 fully saturated rings. The number of nitrogens with one attached hydrogen (secondary N) is 1. The minimum Gasteiger partial charge on any atom is -0.454 e. The van der Waals surface area contributed by atoms with Gasteiger partial charge in [0.15, 0.2) is 0 Å². The fraction of sp³-hybridized carbons (Fsp3) is 0.296. The summed E-state index contributed by atoms with van der Waals surface area (Å²) in [5.41, 5.74) is 3.76. The van der Waals surface area contributed by atoms with Crippen LogP contribution in [0.1, 0.15) is 59.7 Å². The molecule has 3 aromatic rings. The van der Waals surface area contributed by atoms with Gasteiger partial charge >= 0.3 is 5.97 Å². The van der Waals surface area contributed by atoms with Gasteiger partial charge < -0.3 is 10.1 Å². The number of rotatable bonds is 6. The number of halogens is 1. The number of benzene rings is 2. The second kappa shape index (κ2) is 9.25. The Bertz CT molecular complexity index is 1370. The van der Waals surface area contributed by atoms with E-state index in [1.54, 1.807) is 12.1 Å². The van der Waals surface area contributed by atoms with Crippen LogP contribution in [0.5, 0.6) is 0 Å². The number of aromatic nitrogens is 1. The van der Waals surface area contributed by atoms with Crippen molar-refractivity contribution in [2.75, 3.05) is 6.54 Å². The van der Waals surface area contributed by atoms with Crippen LogP contribution in [0.4, 0.5) is 4.39 Å². The Balaban J connectivity index is 1.23. The third-order valence-electron chi connectivity index (χ3n) is 6.52. The fourth-order valence-electron chi connectivity index (χ4n) is 4.75. The van der Waals surface area contributed by atoms with E-state index in [9.17, 15) is 18.8 Å². The first-order valence-corrected chi connectivity index (χ1v) is 11.6. The van der Waals surface area contributed by atoms with Gasteiger partial charge in [-0.25, -0.2) is 9.18 Å². The molecule has 5 rings (SSSR count). The Hall–Kier alpha value is -3.74. The van der Waals surface area contributed by atoms with Crippen molar-refractivity contribution in [1.82, 2.24) is 9.88 Å². The van der Waals surface area contributed by atoms with E-state index in [-0.39, 0.29) is 30.5 Å². The first-order chi connectivity index (χ1) is 16.5. The highest BCUT2D eigenvalue weighted by atomic mass is 19.1. The monoisotopic (exact) mass is 460 g/mol. The lowest BCUT2D eigenvalue weighted by Gasteiger charge is -2.14. The van der Waals surface area contributed by atoms with Crippen molar-refractivity contribution in [2.45, 2.75) is 44.8 Å². The highest BCUT2D eigenvalue weighted by molar-refractivity contribution is 5.95. The maximum atomic E-state index is 13.7. The number of cyclic esters (lactones) is 1. The molecule has 34 heavy (non-hydrogen) atoms. The predicted molar refractivity (Wildman–Crippen MR) is 127 cm³/mol. The van der Waals surface area contributed by atoms with Gasteiger partial charge in [0.05, 0.1) is 11.1 Å². The molecule has 0 bridgehead atoms. The van der Waals surface area contributed by atoms with Crippen LogP contribution < -0.4 is 10.9 Å². The van der Waals surface area contributed by atoms with Crippen LogP contribution in [0.25, 0.3) is 16.5 Å². The molecule has 0 radical (unpaired) electrons. The highest BCUT2D eigenvalue weighted by Crippen LogP contribution is 2.36. The van der Waals surface area contributed by atoms with Crippen molar-refractivity contribution in [3.8, 4) is 0 Å². The third-order valence-corrected chi connectivity index (χ3v) is 6.52. The Morgan fingerprint density at radius 3 is 2.76 bits per heavy atom. The van der Waals surface area contributed by atoms with Crippen molar-refractivity contribution in [2.24, 2.45) is 0 Å². The molecule has 2 aromatic carbocycles. The van der Waals surface area contributed by atoms with E-state index in [1.165, 1.54) is 34.8 Å². The zero-order chi connectivity index (χ0) is 23.7. The number of pyridine rings is 1. The molecule has 1 N–H and O–H groups in total. The number of hydrogen-bond donors (Lipinski definition) is 1. The topological polar surface area (TPSA) is 77.4 Å². The number of esters is 1. The zero-order valence-electron chi connectivity index (χ0n) is 18.7. The predicted octanol–water partition coefficient (Wildman–Crippen LogP) is 4.52. The summed E-state index contributed by atoms with van der Waals surface area (Å²) in [5.74, 6) is -1.19. The molecule has 1 aromatic heterocycles. The van der Waals surface area contributed by atoms with Crippen molar-refractivity contribution < 1.29 is 18.7 Å². The van der Waals surface area contributed by atoms with Gasteiger partial charge in [0.25, 0.3) is 5.56 Å². The van der Waals surface area contributed by atoms with Gasteiger partial charge in [0.1, 0.15) is 18.5 Å². The number of carbonyl (C=O) groups is 2. The van der Waals surface area contributed by atoms with Gasteiger partial charge in [-0.1, -0.05) is 18.2 Å². The first kappa shape index (κ1) is 22.1. The lowest BCUT2D eigenvalue weighted by Crippen LogP contribution is -2.33. The first-order valence-electron chi connectivity index (χ1n) is 11.6. The van der Waals surface area contributed by atoms with Crippen LogP contribution in [-0.4, -0.2) is 23.0 Å². The Labute approximate surface area is 196 Å². The van der Waals surface area contributed by atoms with Gasteiger partial charge in [-0.05, 0) is 72.5 Å². The number of fused-ring (bicyclic) bond motifs is 2. The Kier molecular flexibility index (Phi) is 6.01. The van der Waals surface area contributed by atoms with E-state index in [1.807, 2.05) is 18.2 Å². The van der Waals surface area contributed by atoms with E-state index in [0.717, 1.165) is 30.4 Å². The Morgan fingerprint density at radius 2 is 1.94 bits per heavy atom. The molecule has 1 aliphatic heterocycles. The summed E-state index contributed by atoms with van der Waals surface area (Å²) in [4.78, 5) is 37.2. The molecular weight excluding hydrogens is 435 g/mol. The summed E-state index contributed by atoms with van der Waals surface area (Å²) in [7, 11) is 0. The number of ether oxygens (including phenoxy) is 1. The van der Waals surface area contributed by atoms with Crippen molar-refractivity contribution in [3.05, 3.63) is 87.5 Å². The third kappa shape index (κ3) is 4.38. The molecule has 0 saturated carbocycles. The number of amides is 1. The van der Waals surface area contributed by atoms with Crippen molar-refractivity contribution in [1.29, 1.82) is 0 Å². The average Bonchev–Trinajstić information content (AvgIpc) is 3.16. The van der Waals surface area contributed by atoms with Crippen LogP contribution in [0.15, 0.2) is 59.4 Å². The Morgan fingerprint density at radius 1 is 1.09 bits per heavy atom. The van der Waals surface area contributed by atoms with Gasteiger partial charge in [0.2, 0.25) is 5.91 Å². The molecule has 0 saturated heterocycles. The summed E-state index contributed by atoms with van der Waals surface area (Å²) >= 11 is 0. The maximum Gasteiger partial charge on any atom is 0.339 e. The molecule has 0 spiro atoms. The summed E-state index contributed by atoms with van der Waals surface area (Å²) < 4.78 is 20.5. The molecule has 1 unspecified atom stereocenters. The molecule has 1 amide bonds. The number of allylic oxidation sites excluding steroid dienone is 2. The van der Waals surface area contributed by atoms with Crippen LogP contribution >= 0.6 is 0 Å². The normalized spacial score (nSPS) is 17.3. The van der Waals surface area contributed by atoms with Crippen LogP contribution in [0, 0.1) is 5.82 Å². The number of carbonyl (C=O) groups excluding carboxylic acids is 2. The second-order valence-electron chi connectivity index (χ2n) is 8.77. The molecule has 2 heterocycles. The summed E-state index contributed by atoms with van der Waals surface area (Å²) in [6, 6.07) is 13.0. The second-order valence-corrected chi connectivity index (χ2v) is 8.77. The van der Waals surface area contributed by atoms with Crippen molar-refractivity contribution in [3.63, 3.8) is 0 Å². The average molecular weight is 461 g/mol. The van der Waals surface area contributed by atoms with Crippen LogP contribution in [0.3, 0.4) is 0 Å². The summed E-state index contributed by atoms with van der Waals surface area (Å²) in [6.45, 7) is 0.0517. The van der Waals surface area contributed by atoms with Gasteiger partial charge in [-0.15, -0.1) is 0 Å². The molecule has 1 atom stereocenters. The molecule has 1 aliphatic carbocycles. The maximum absolute atomic E-state index is 13.7. The van der Waals surface area contributed by atoms with Gasteiger partial charge in [-0.2, -0.15) is 0 Å².